The largest absolute Gasteiger partial charge is 0.496 e. The Morgan fingerprint density at radius 3 is 2.71 bits per heavy atom. The topological polar surface area (TPSA) is 47.3 Å². The average Bonchev–Trinajstić information content (AvgIpc) is 2.49. The molecular formula is C15H15BrF2N2O. The smallest absolute Gasteiger partial charge is 0.162 e. The molecule has 0 spiro atoms. The van der Waals surface area contributed by atoms with Gasteiger partial charge < -0.3 is 4.74 Å². The van der Waals surface area contributed by atoms with Crippen LogP contribution in [0.3, 0.4) is 0 Å². The maximum Gasteiger partial charge on any atom is 0.162 e. The van der Waals surface area contributed by atoms with Crippen LogP contribution in [0.15, 0.2) is 40.9 Å². The van der Waals surface area contributed by atoms with Crippen molar-refractivity contribution in [1.29, 1.82) is 0 Å². The standard InChI is InChI=1S/C15H15BrF2N2O/c1-21-14-8-10(16)5-6-11(14)13(20-19)7-9-3-2-4-12(17)15(9)18/h2-6,8,13,20H,7,19H2,1H3. The van der Waals surface area contributed by atoms with Crippen LogP contribution in [0.1, 0.15) is 17.2 Å². The van der Waals surface area contributed by atoms with Crippen molar-refractivity contribution < 1.29 is 13.5 Å². The molecule has 2 aromatic rings. The molecule has 112 valence electrons. The highest BCUT2D eigenvalue weighted by Crippen LogP contribution is 2.30. The zero-order valence-electron chi connectivity index (χ0n) is 11.4. The van der Waals surface area contributed by atoms with Crippen LogP contribution in [0.5, 0.6) is 5.75 Å². The summed E-state index contributed by atoms with van der Waals surface area (Å²) in [5.74, 6) is 4.46. The third kappa shape index (κ3) is 3.58. The third-order valence-electron chi connectivity index (χ3n) is 3.23. The number of nitrogens with two attached hydrogens (primary N) is 1. The monoisotopic (exact) mass is 356 g/mol. The van der Waals surface area contributed by atoms with Gasteiger partial charge in [-0.1, -0.05) is 34.1 Å². The van der Waals surface area contributed by atoms with E-state index in [1.807, 2.05) is 12.1 Å². The van der Waals surface area contributed by atoms with Gasteiger partial charge in [0.15, 0.2) is 11.6 Å². The number of ether oxygens (including phenoxy) is 1. The third-order valence-corrected chi connectivity index (χ3v) is 3.72. The molecule has 0 amide bonds. The van der Waals surface area contributed by atoms with Gasteiger partial charge in [0.2, 0.25) is 0 Å². The summed E-state index contributed by atoms with van der Waals surface area (Å²) in [6, 6.07) is 9.15. The second-order valence-electron chi connectivity index (χ2n) is 4.52. The minimum atomic E-state index is -0.869. The van der Waals surface area contributed by atoms with Crippen LogP contribution < -0.4 is 16.0 Å². The first-order valence-electron chi connectivity index (χ1n) is 6.29. The van der Waals surface area contributed by atoms with Crippen molar-refractivity contribution in [2.24, 2.45) is 5.84 Å². The number of halogens is 3. The van der Waals surface area contributed by atoms with Gasteiger partial charge in [-0.25, -0.2) is 8.78 Å². The second kappa shape index (κ2) is 6.98. The zero-order chi connectivity index (χ0) is 15.4. The zero-order valence-corrected chi connectivity index (χ0v) is 13.0. The van der Waals surface area contributed by atoms with Crippen molar-refractivity contribution >= 4 is 15.9 Å². The Hall–Kier alpha value is -1.50. The van der Waals surface area contributed by atoms with Gasteiger partial charge in [-0.3, -0.25) is 11.3 Å². The van der Waals surface area contributed by atoms with E-state index in [0.29, 0.717) is 5.75 Å². The lowest BCUT2D eigenvalue weighted by Crippen LogP contribution is -2.30. The Morgan fingerprint density at radius 1 is 1.29 bits per heavy atom. The summed E-state index contributed by atoms with van der Waals surface area (Å²) in [6.45, 7) is 0. The molecule has 0 fully saturated rings. The van der Waals surface area contributed by atoms with Crippen LogP contribution in [0.2, 0.25) is 0 Å². The molecule has 0 heterocycles. The quantitative estimate of drug-likeness (QED) is 0.636. The molecular weight excluding hydrogens is 342 g/mol. The lowest BCUT2D eigenvalue weighted by Gasteiger charge is -2.19. The van der Waals surface area contributed by atoms with Crippen molar-refractivity contribution in [2.75, 3.05) is 7.11 Å². The van der Waals surface area contributed by atoms with Gasteiger partial charge in [-0.2, -0.15) is 0 Å². The van der Waals surface area contributed by atoms with E-state index in [9.17, 15) is 8.78 Å². The van der Waals surface area contributed by atoms with Gasteiger partial charge in [0.25, 0.3) is 0 Å². The molecule has 0 aromatic heterocycles. The van der Waals surface area contributed by atoms with E-state index in [-0.39, 0.29) is 12.0 Å². The second-order valence-corrected chi connectivity index (χ2v) is 5.44. The normalized spacial score (nSPS) is 12.2. The fourth-order valence-corrected chi connectivity index (χ4v) is 2.50. The first-order valence-corrected chi connectivity index (χ1v) is 7.08. The summed E-state index contributed by atoms with van der Waals surface area (Å²) in [7, 11) is 1.54. The molecule has 0 saturated carbocycles. The number of methoxy groups -OCH3 is 1. The van der Waals surface area contributed by atoms with E-state index in [0.717, 1.165) is 16.1 Å². The molecule has 1 unspecified atom stereocenters. The molecule has 0 saturated heterocycles. The molecule has 2 aromatic carbocycles. The van der Waals surface area contributed by atoms with Gasteiger partial charge in [0.1, 0.15) is 5.75 Å². The lowest BCUT2D eigenvalue weighted by molar-refractivity contribution is 0.397. The molecule has 0 aliphatic rings. The SMILES string of the molecule is COc1cc(Br)ccc1C(Cc1cccc(F)c1F)NN. The molecule has 2 rings (SSSR count). The van der Waals surface area contributed by atoms with Crippen molar-refractivity contribution in [3.63, 3.8) is 0 Å². The fourth-order valence-electron chi connectivity index (χ4n) is 2.16. The van der Waals surface area contributed by atoms with Crippen LogP contribution in [-0.2, 0) is 6.42 Å². The van der Waals surface area contributed by atoms with E-state index in [4.69, 9.17) is 10.6 Å². The maximum atomic E-state index is 13.8. The van der Waals surface area contributed by atoms with Crippen molar-refractivity contribution in [2.45, 2.75) is 12.5 Å². The number of nitrogens with one attached hydrogen (secondary N) is 1. The van der Waals surface area contributed by atoms with E-state index in [2.05, 4.69) is 21.4 Å². The van der Waals surface area contributed by atoms with E-state index in [1.54, 1.807) is 13.2 Å². The van der Waals surface area contributed by atoms with Gasteiger partial charge in [-0.05, 0) is 30.2 Å². The van der Waals surface area contributed by atoms with Gasteiger partial charge in [0.05, 0.1) is 13.2 Å². The average molecular weight is 357 g/mol. The van der Waals surface area contributed by atoms with Crippen LogP contribution >= 0.6 is 15.9 Å². The maximum absolute atomic E-state index is 13.8. The van der Waals surface area contributed by atoms with Crippen LogP contribution in [0, 0.1) is 11.6 Å². The predicted molar refractivity (Wildman–Crippen MR) is 80.8 cm³/mol. The highest BCUT2D eigenvalue weighted by Gasteiger charge is 2.18. The fraction of sp³-hybridized carbons (Fsp3) is 0.200. The summed E-state index contributed by atoms with van der Waals surface area (Å²) >= 11 is 3.35. The first kappa shape index (κ1) is 15.9. The number of hydrazine groups is 1. The highest BCUT2D eigenvalue weighted by molar-refractivity contribution is 9.10. The molecule has 21 heavy (non-hydrogen) atoms. The molecule has 3 nitrogen and oxygen atoms in total. The molecule has 0 aliphatic heterocycles. The molecule has 1 atom stereocenters. The Kier molecular flexibility index (Phi) is 5.27. The highest BCUT2D eigenvalue weighted by atomic mass is 79.9. The van der Waals surface area contributed by atoms with E-state index in [1.165, 1.54) is 12.1 Å². The number of hydrogen-bond acceptors (Lipinski definition) is 3. The van der Waals surface area contributed by atoms with Crippen molar-refractivity contribution in [3.05, 3.63) is 63.6 Å². The Balaban J connectivity index is 2.34. The predicted octanol–water partition coefficient (Wildman–Crippen LogP) is 3.48. The molecule has 3 N–H and O–H groups in total. The summed E-state index contributed by atoms with van der Waals surface area (Å²) in [5.41, 5.74) is 3.65. The van der Waals surface area contributed by atoms with Gasteiger partial charge >= 0.3 is 0 Å². The molecule has 6 heteroatoms. The summed E-state index contributed by atoms with van der Waals surface area (Å²) in [5, 5.41) is 0. The number of hydrogen-bond donors (Lipinski definition) is 2. The summed E-state index contributed by atoms with van der Waals surface area (Å²) in [6.07, 6.45) is 0.206. The van der Waals surface area contributed by atoms with Crippen LogP contribution in [0.4, 0.5) is 8.78 Å². The molecule has 0 radical (unpaired) electrons. The lowest BCUT2D eigenvalue weighted by atomic mass is 9.98. The Bertz CT molecular complexity index is 637. The van der Waals surface area contributed by atoms with Gasteiger partial charge in [-0.15, -0.1) is 0 Å². The minimum Gasteiger partial charge on any atom is -0.496 e. The Morgan fingerprint density at radius 2 is 2.05 bits per heavy atom. The first-order chi connectivity index (χ1) is 10.1. The van der Waals surface area contributed by atoms with E-state index < -0.39 is 17.7 Å². The van der Waals surface area contributed by atoms with E-state index >= 15 is 0 Å². The van der Waals surface area contributed by atoms with Crippen molar-refractivity contribution in [1.82, 2.24) is 5.43 Å². The minimum absolute atomic E-state index is 0.206. The van der Waals surface area contributed by atoms with Crippen LogP contribution in [0.25, 0.3) is 0 Å². The number of benzene rings is 2. The molecule has 0 bridgehead atoms. The van der Waals surface area contributed by atoms with Gasteiger partial charge in [0, 0.05) is 10.0 Å². The molecule has 0 aliphatic carbocycles. The van der Waals surface area contributed by atoms with Crippen molar-refractivity contribution in [3.8, 4) is 5.75 Å². The van der Waals surface area contributed by atoms with Crippen LogP contribution in [-0.4, -0.2) is 7.11 Å². The summed E-state index contributed by atoms with van der Waals surface area (Å²) in [4.78, 5) is 0. The Labute approximate surface area is 130 Å². The summed E-state index contributed by atoms with van der Waals surface area (Å²) < 4.78 is 33.2. The number of rotatable bonds is 5.